The van der Waals surface area contributed by atoms with Crippen LogP contribution in [0.1, 0.15) is 33.1 Å². The number of rotatable bonds is 5. The van der Waals surface area contributed by atoms with Crippen molar-refractivity contribution in [1.82, 2.24) is 14.7 Å². The second-order valence-corrected chi connectivity index (χ2v) is 8.71. The minimum atomic E-state index is -0.692. The van der Waals surface area contributed by atoms with Gasteiger partial charge < -0.3 is 19.6 Å². The lowest BCUT2D eigenvalue weighted by atomic mass is 9.85. The Morgan fingerprint density at radius 3 is 2.28 bits per heavy atom. The lowest BCUT2D eigenvalue weighted by Crippen LogP contribution is -2.57. The van der Waals surface area contributed by atoms with Gasteiger partial charge in [-0.3, -0.25) is 14.4 Å². The molecule has 2 heterocycles. The van der Waals surface area contributed by atoms with Gasteiger partial charge in [0.1, 0.15) is 12.1 Å². The molecule has 0 atom stereocenters. The van der Waals surface area contributed by atoms with E-state index in [9.17, 15) is 14.4 Å². The maximum absolute atomic E-state index is 13.5. The Balaban J connectivity index is 1.83. The van der Waals surface area contributed by atoms with Crippen molar-refractivity contribution in [2.45, 2.75) is 38.6 Å². The quantitative estimate of drug-likeness (QED) is 0.756. The standard InChI is InChI=1S/C22H32N4O3/c1-17(2)14-19(27)24-12-10-22(11-13-24)21(29)25(15-20(28)23(3)4)16-26(22)18-8-6-5-7-9-18/h5-9,17H,10-16H2,1-4H3. The number of carbonyl (C=O) groups is 3. The molecule has 2 saturated heterocycles. The summed E-state index contributed by atoms with van der Waals surface area (Å²) in [5, 5.41) is 0. The highest BCUT2D eigenvalue weighted by Crippen LogP contribution is 2.39. The Hall–Kier alpha value is -2.57. The fourth-order valence-corrected chi connectivity index (χ4v) is 4.23. The second-order valence-electron chi connectivity index (χ2n) is 8.71. The molecule has 2 aliphatic heterocycles. The van der Waals surface area contributed by atoms with E-state index in [1.54, 1.807) is 19.0 Å². The topological polar surface area (TPSA) is 64.2 Å². The Morgan fingerprint density at radius 2 is 1.72 bits per heavy atom. The van der Waals surface area contributed by atoms with E-state index in [0.717, 1.165) is 5.69 Å². The smallest absolute Gasteiger partial charge is 0.250 e. The molecule has 0 unspecified atom stereocenters. The number of benzene rings is 1. The van der Waals surface area contributed by atoms with Crippen molar-refractivity contribution >= 4 is 23.4 Å². The van der Waals surface area contributed by atoms with Crippen LogP contribution in [0.4, 0.5) is 5.69 Å². The van der Waals surface area contributed by atoms with Crippen LogP contribution < -0.4 is 4.90 Å². The molecule has 29 heavy (non-hydrogen) atoms. The molecule has 158 valence electrons. The summed E-state index contributed by atoms with van der Waals surface area (Å²) in [5.41, 5.74) is 0.283. The van der Waals surface area contributed by atoms with Gasteiger partial charge in [0.15, 0.2) is 0 Å². The number of amides is 3. The molecule has 0 radical (unpaired) electrons. The van der Waals surface area contributed by atoms with Crippen LogP contribution in [0.5, 0.6) is 0 Å². The van der Waals surface area contributed by atoms with Gasteiger partial charge in [-0.1, -0.05) is 32.0 Å². The van der Waals surface area contributed by atoms with E-state index in [1.165, 1.54) is 4.90 Å². The molecule has 1 aromatic rings. The van der Waals surface area contributed by atoms with Crippen LogP contribution in [0.15, 0.2) is 30.3 Å². The maximum atomic E-state index is 13.5. The van der Waals surface area contributed by atoms with Gasteiger partial charge in [0.05, 0.1) is 6.67 Å². The normalized spacial score (nSPS) is 18.7. The number of piperidine rings is 1. The molecule has 1 spiro atoms. The molecule has 3 rings (SSSR count). The number of likely N-dealkylation sites (N-methyl/N-ethyl adjacent to an activating group) is 1. The van der Waals surface area contributed by atoms with Crippen LogP contribution in [-0.2, 0) is 14.4 Å². The summed E-state index contributed by atoms with van der Waals surface area (Å²) >= 11 is 0. The average molecular weight is 401 g/mol. The third-order valence-corrected chi connectivity index (χ3v) is 5.93. The van der Waals surface area contributed by atoms with E-state index >= 15 is 0 Å². The van der Waals surface area contributed by atoms with Crippen LogP contribution in [0.3, 0.4) is 0 Å². The number of carbonyl (C=O) groups excluding carboxylic acids is 3. The van der Waals surface area contributed by atoms with E-state index in [2.05, 4.69) is 4.90 Å². The molecule has 0 aromatic heterocycles. The highest BCUT2D eigenvalue weighted by atomic mass is 16.2. The zero-order chi connectivity index (χ0) is 21.2. The van der Waals surface area contributed by atoms with Gasteiger partial charge in [-0.05, 0) is 30.9 Å². The third kappa shape index (κ3) is 4.23. The van der Waals surface area contributed by atoms with Gasteiger partial charge in [0, 0.05) is 39.3 Å². The highest BCUT2D eigenvalue weighted by Gasteiger charge is 2.54. The number of para-hydroxylation sites is 1. The average Bonchev–Trinajstić information content (AvgIpc) is 2.94. The Kier molecular flexibility index (Phi) is 6.15. The lowest BCUT2D eigenvalue weighted by Gasteiger charge is -2.43. The Labute approximate surface area is 173 Å². The lowest BCUT2D eigenvalue weighted by molar-refractivity contribution is -0.141. The van der Waals surface area contributed by atoms with Crippen molar-refractivity contribution < 1.29 is 14.4 Å². The van der Waals surface area contributed by atoms with Gasteiger partial charge in [-0.25, -0.2) is 0 Å². The summed E-state index contributed by atoms with van der Waals surface area (Å²) in [6, 6.07) is 9.88. The molecule has 2 fully saturated rings. The first-order chi connectivity index (χ1) is 13.7. The number of anilines is 1. The molecule has 3 amide bonds. The molecule has 0 saturated carbocycles. The van der Waals surface area contributed by atoms with E-state index in [-0.39, 0.29) is 24.3 Å². The Bertz CT molecular complexity index is 755. The molecule has 0 aliphatic carbocycles. The number of nitrogens with zero attached hydrogens (tertiary/aromatic N) is 4. The largest absolute Gasteiger partial charge is 0.347 e. The highest BCUT2D eigenvalue weighted by molar-refractivity contribution is 5.96. The van der Waals surface area contributed by atoms with Gasteiger partial charge in [0.25, 0.3) is 5.91 Å². The van der Waals surface area contributed by atoms with Gasteiger partial charge in [-0.15, -0.1) is 0 Å². The first kappa shape index (κ1) is 21.1. The van der Waals surface area contributed by atoms with E-state index < -0.39 is 5.54 Å². The predicted octanol–water partition coefficient (Wildman–Crippen LogP) is 1.79. The number of hydrogen-bond donors (Lipinski definition) is 0. The maximum Gasteiger partial charge on any atom is 0.250 e. The molecule has 2 aliphatic rings. The van der Waals surface area contributed by atoms with Gasteiger partial charge >= 0.3 is 0 Å². The molecule has 7 nitrogen and oxygen atoms in total. The summed E-state index contributed by atoms with van der Waals surface area (Å²) in [4.78, 5) is 45.4. The molecule has 1 aromatic carbocycles. The zero-order valence-corrected chi connectivity index (χ0v) is 17.9. The number of likely N-dealkylation sites (tertiary alicyclic amines) is 1. The third-order valence-electron chi connectivity index (χ3n) is 5.93. The van der Waals surface area contributed by atoms with Gasteiger partial charge in [0.2, 0.25) is 11.8 Å². The minimum absolute atomic E-state index is 0.00693. The first-order valence-corrected chi connectivity index (χ1v) is 10.3. The van der Waals surface area contributed by atoms with Crippen LogP contribution in [-0.4, -0.2) is 78.4 Å². The van der Waals surface area contributed by atoms with E-state index in [0.29, 0.717) is 44.9 Å². The Morgan fingerprint density at radius 1 is 1.10 bits per heavy atom. The zero-order valence-electron chi connectivity index (χ0n) is 17.9. The minimum Gasteiger partial charge on any atom is -0.347 e. The van der Waals surface area contributed by atoms with E-state index in [4.69, 9.17) is 0 Å². The van der Waals surface area contributed by atoms with Gasteiger partial charge in [-0.2, -0.15) is 0 Å². The van der Waals surface area contributed by atoms with Crippen molar-refractivity contribution in [2.24, 2.45) is 5.92 Å². The predicted molar refractivity (Wildman–Crippen MR) is 112 cm³/mol. The molecule has 0 N–H and O–H groups in total. The molecular formula is C22H32N4O3. The first-order valence-electron chi connectivity index (χ1n) is 10.3. The second kappa shape index (κ2) is 8.43. The molecule has 0 bridgehead atoms. The van der Waals surface area contributed by atoms with E-state index in [1.807, 2.05) is 49.1 Å². The van der Waals surface area contributed by atoms with Crippen molar-refractivity contribution in [3.63, 3.8) is 0 Å². The number of hydrogen-bond acceptors (Lipinski definition) is 4. The summed E-state index contributed by atoms with van der Waals surface area (Å²) in [6.45, 7) is 5.68. The SMILES string of the molecule is CC(C)CC(=O)N1CCC2(CC1)C(=O)N(CC(=O)N(C)C)CN2c1ccccc1. The van der Waals surface area contributed by atoms with Crippen molar-refractivity contribution in [2.75, 3.05) is 45.3 Å². The van der Waals surface area contributed by atoms with Crippen molar-refractivity contribution in [1.29, 1.82) is 0 Å². The van der Waals surface area contributed by atoms with Crippen molar-refractivity contribution in [3.8, 4) is 0 Å². The molecule has 7 heteroatoms. The molecular weight excluding hydrogens is 368 g/mol. The summed E-state index contributed by atoms with van der Waals surface area (Å²) in [6.07, 6.45) is 1.70. The summed E-state index contributed by atoms with van der Waals surface area (Å²) < 4.78 is 0. The monoisotopic (exact) mass is 400 g/mol. The summed E-state index contributed by atoms with van der Waals surface area (Å²) in [7, 11) is 3.40. The summed E-state index contributed by atoms with van der Waals surface area (Å²) in [5.74, 6) is 0.381. The van der Waals surface area contributed by atoms with Crippen LogP contribution in [0.25, 0.3) is 0 Å². The van der Waals surface area contributed by atoms with Crippen LogP contribution >= 0.6 is 0 Å². The van der Waals surface area contributed by atoms with Crippen LogP contribution in [0, 0.1) is 5.92 Å². The fraction of sp³-hybridized carbons (Fsp3) is 0.591. The van der Waals surface area contributed by atoms with Crippen molar-refractivity contribution in [3.05, 3.63) is 30.3 Å². The fourth-order valence-electron chi connectivity index (χ4n) is 4.23. The van der Waals surface area contributed by atoms with Crippen LogP contribution in [0.2, 0.25) is 0 Å².